The van der Waals surface area contributed by atoms with Gasteiger partial charge in [-0.05, 0) is 32.1 Å². The summed E-state index contributed by atoms with van der Waals surface area (Å²) in [5.74, 6) is -0.826. The summed E-state index contributed by atoms with van der Waals surface area (Å²) in [6.07, 6.45) is 24.7. The number of aliphatic hydroxyl groups is 1. The standard InChI is InChI=1S/C25H44O3/c1-2-3-4-5-6-7-8-9-10-11-12-13-14-15-16-17-18-19-22-20-23(26)21-24(27)25(22)28/h5-6,22-23,26H,2-4,7-21H2,1H3/t22-,23+/m1/s1. The molecule has 162 valence electrons. The molecule has 28 heavy (non-hydrogen) atoms. The maximum absolute atomic E-state index is 11.8. The number of unbranched alkanes of at least 4 members (excludes halogenated alkanes) is 13. The molecule has 0 radical (unpaired) electrons. The number of carbonyl (C=O) groups excluding carboxylic acids is 2. The van der Waals surface area contributed by atoms with Crippen molar-refractivity contribution in [1.82, 2.24) is 0 Å². The van der Waals surface area contributed by atoms with Crippen LogP contribution in [-0.4, -0.2) is 22.8 Å². The second-order valence-corrected chi connectivity index (χ2v) is 8.66. The number of hydrogen-bond donors (Lipinski definition) is 1. The number of rotatable bonds is 17. The van der Waals surface area contributed by atoms with Gasteiger partial charge in [0.15, 0.2) is 0 Å². The van der Waals surface area contributed by atoms with Gasteiger partial charge in [0.2, 0.25) is 11.6 Å². The zero-order valence-electron chi connectivity index (χ0n) is 18.3. The van der Waals surface area contributed by atoms with E-state index in [4.69, 9.17) is 0 Å². The molecule has 0 amide bonds. The van der Waals surface area contributed by atoms with Crippen LogP contribution in [0.1, 0.15) is 122 Å². The number of allylic oxidation sites excluding steroid dienone is 2. The number of hydrogen-bond acceptors (Lipinski definition) is 3. The molecule has 1 N–H and O–H groups in total. The van der Waals surface area contributed by atoms with Crippen LogP contribution in [0, 0.1) is 5.92 Å². The largest absolute Gasteiger partial charge is 0.393 e. The molecule has 0 aromatic rings. The average Bonchev–Trinajstić information content (AvgIpc) is 2.67. The van der Waals surface area contributed by atoms with E-state index in [0.29, 0.717) is 6.42 Å². The first-order chi connectivity index (χ1) is 13.6. The molecule has 1 aliphatic rings. The molecule has 0 aromatic carbocycles. The van der Waals surface area contributed by atoms with E-state index in [2.05, 4.69) is 19.1 Å². The summed E-state index contributed by atoms with van der Waals surface area (Å²) >= 11 is 0. The van der Waals surface area contributed by atoms with Crippen LogP contribution in [-0.2, 0) is 9.59 Å². The van der Waals surface area contributed by atoms with E-state index in [1.54, 1.807) is 0 Å². The predicted molar refractivity (Wildman–Crippen MR) is 117 cm³/mol. The van der Waals surface area contributed by atoms with Crippen molar-refractivity contribution < 1.29 is 14.7 Å². The molecule has 1 fully saturated rings. The van der Waals surface area contributed by atoms with E-state index < -0.39 is 6.10 Å². The highest BCUT2D eigenvalue weighted by molar-refractivity contribution is 6.38. The lowest BCUT2D eigenvalue weighted by Gasteiger charge is -2.23. The van der Waals surface area contributed by atoms with E-state index in [9.17, 15) is 14.7 Å². The van der Waals surface area contributed by atoms with Gasteiger partial charge in [0.05, 0.1) is 6.10 Å². The fraction of sp³-hybridized carbons (Fsp3) is 0.840. The Morgan fingerprint density at radius 3 is 1.86 bits per heavy atom. The third-order valence-corrected chi connectivity index (χ3v) is 5.94. The average molecular weight is 393 g/mol. The molecule has 0 unspecified atom stereocenters. The maximum atomic E-state index is 11.8. The summed E-state index contributed by atoms with van der Waals surface area (Å²) in [6.45, 7) is 2.24. The van der Waals surface area contributed by atoms with Crippen molar-refractivity contribution in [3.8, 4) is 0 Å². The first-order valence-corrected chi connectivity index (χ1v) is 12.0. The molecular weight excluding hydrogens is 348 g/mol. The van der Waals surface area contributed by atoms with Gasteiger partial charge in [-0.1, -0.05) is 96.1 Å². The van der Waals surface area contributed by atoms with Gasteiger partial charge in [0.1, 0.15) is 0 Å². The van der Waals surface area contributed by atoms with Crippen molar-refractivity contribution in [3.05, 3.63) is 12.2 Å². The minimum absolute atomic E-state index is 0.0332. The van der Waals surface area contributed by atoms with Gasteiger partial charge in [-0.2, -0.15) is 0 Å². The topological polar surface area (TPSA) is 54.4 Å². The minimum atomic E-state index is -0.600. The van der Waals surface area contributed by atoms with E-state index >= 15 is 0 Å². The molecule has 0 heterocycles. The van der Waals surface area contributed by atoms with Crippen LogP contribution in [0.4, 0.5) is 0 Å². The molecule has 0 aromatic heterocycles. The zero-order chi connectivity index (χ0) is 20.5. The van der Waals surface area contributed by atoms with Gasteiger partial charge in [-0.25, -0.2) is 0 Å². The monoisotopic (exact) mass is 392 g/mol. The molecular formula is C25H44O3. The van der Waals surface area contributed by atoms with Crippen LogP contribution in [0.5, 0.6) is 0 Å². The molecule has 2 atom stereocenters. The summed E-state index contributed by atoms with van der Waals surface area (Å²) in [5, 5.41) is 9.64. The summed E-state index contributed by atoms with van der Waals surface area (Å²) in [6, 6.07) is 0. The quantitative estimate of drug-likeness (QED) is 0.170. The van der Waals surface area contributed by atoms with E-state index in [1.807, 2.05) is 0 Å². The Kier molecular flexibility index (Phi) is 15.2. The second-order valence-electron chi connectivity index (χ2n) is 8.66. The van der Waals surface area contributed by atoms with Crippen molar-refractivity contribution in [2.75, 3.05) is 0 Å². The van der Waals surface area contributed by atoms with Gasteiger partial charge in [0.25, 0.3) is 0 Å². The van der Waals surface area contributed by atoms with Crippen LogP contribution in [0.2, 0.25) is 0 Å². The Bertz CT molecular complexity index is 441. The number of aliphatic hydroxyl groups excluding tert-OH is 1. The molecule has 0 aliphatic heterocycles. The molecule has 0 bridgehead atoms. The highest BCUT2D eigenvalue weighted by Crippen LogP contribution is 2.24. The van der Waals surface area contributed by atoms with Crippen LogP contribution >= 0.6 is 0 Å². The molecule has 1 rings (SSSR count). The lowest BCUT2D eigenvalue weighted by Crippen LogP contribution is -2.35. The van der Waals surface area contributed by atoms with Crippen LogP contribution < -0.4 is 0 Å². The Labute approximate surface area is 173 Å². The third-order valence-electron chi connectivity index (χ3n) is 5.94. The molecule has 0 saturated heterocycles. The van der Waals surface area contributed by atoms with E-state index in [-0.39, 0.29) is 23.9 Å². The Morgan fingerprint density at radius 2 is 1.29 bits per heavy atom. The van der Waals surface area contributed by atoms with Crippen molar-refractivity contribution in [3.63, 3.8) is 0 Å². The van der Waals surface area contributed by atoms with Crippen LogP contribution in [0.15, 0.2) is 12.2 Å². The molecule has 3 heteroatoms. The smallest absolute Gasteiger partial charge is 0.201 e. The summed E-state index contributed by atoms with van der Waals surface area (Å²) in [4.78, 5) is 23.3. The highest BCUT2D eigenvalue weighted by Gasteiger charge is 2.33. The number of carbonyl (C=O) groups is 2. The van der Waals surface area contributed by atoms with Gasteiger partial charge in [0, 0.05) is 12.3 Å². The first-order valence-electron chi connectivity index (χ1n) is 12.0. The maximum Gasteiger partial charge on any atom is 0.201 e. The number of ketones is 2. The second kappa shape index (κ2) is 16.9. The SMILES string of the molecule is CCCCC=CCCCCCCCCCCCCC[C@@H]1C[C@H](O)CC(=O)C1=O. The third kappa shape index (κ3) is 12.5. The Hall–Kier alpha value is -0.960. The van der Waals surface area contributed by atoms with Crippen LogP contribution in [0.25, 0.3) is 0 Å². The lowest BCUT2D eigenvalue weighted by atomic mass is 9.82. The summed E-state index contributed by atoms with van der Waals surface area (Å²) in [7, 11) is 0. The Balaban J connectivity index is 1.81. The molecule has 0 spiro atoms. The van der Waals surface area contributed by atoms with Gasteiger partial charge < -0.3 is 5.11 Å². The molecule has 3 nitrogen and oxygen atoms in total. The zero-order valence-corrected chi connectivity index (χ0v) is 18.3. The van der Waals surface area contributed by atoms with E-state index in [0.717, 1.165) is 19.3 Å². The van der Waals surface area contributed by atoms with Crippen molar-refractivity contribution in [1.29, 1.82) is 0 Å². The number of Topliss-reactive ketones (excluding diaryl/α,β-unsaturated/α-hetero) is 2. The molecule has 1 saturated carbocycles. The van der Waals surface area contributed by atoms with Crippen molar-refractivity contribution in [2.45, 2.75) is 129 Å². The normalized spacial score (nSPS) is 20.4. The summed E-state index contributed by atoms with van der Waals surface area (Å²) in [5.41, 5.74) is 0. The lowest BCUT2D eigenvalue weighted by molar-refractivity contribution is -0.143. The van der Waals surface area contributed by atoms with E-state index in [1.165, 1.54) is 83.5 Å². The fourth-order valence-corrected chi connectivity index (χ4v) is 4.11. The highest BCUT2D eigenvalue weighted by atomic mass is 16.3. The van der Waals surface area contributed by atoms with Gasteiger partial charge in [-0.3, -0.25) is 9.59 Å². The fourth-order valence-electron chi connectivity index (χ4n) is 4.11. The Morgan fingerprint density at radius 1 is 0.786 bits per heavy atom. The van der Waals surface area contributed by atoms with Gasteiger partial charge in [-0.15, -0.1) is 0 Å². The summed E-state index contributed by atoms with van der Waals surface area (Å²) < 4.78 is 0. The van der Waals surface area contributed by atoms with Gasteiger partial charge >= 0.3 is 0 Å². The molecule has 1 aliphatic carbocycles. The predicted octanol–water partition coefficient (Wildman–Crippen LogP) is 6.71. The van der Waals surface area contributed by atoms with Crippen molar-refractivity contribution >= 4 is 11.6 Å². The van der Waals surface area contributed by atoms with Crippen molar-refractivity contribution in [2.24, 2.45) is 5.92 Å². The minimum Gasteiger partial charge on any atom is -0.393 e. The first kappa shape index (κ1) is 25.1. The van der Waals surface area contributed by atoms with Crippen LogP contribution in [0.3, 0.4) is 0 Å².